The van der Waals surface area contributed by atoms with Crippen LogP contribution in [0.15, 0.2) is 66.4 Å². The fraction of sp³-hybridized carbons (Fsp3) is 0.263. The van der Waals surface area contributed by atoms with Crippen molar-refractivity contribution in [1.29, 1.82) is 0 Å². The number of rotatable bonds is 3. The van der Waals surface area contributed by atoms with Gasteiger partial charge in [-0.1, -0.05) is 54.6 Å². The lowest BCUT2D eigenvalue weighted by Gasteiger charge is -2.31. The summed E-state index contributed by atoms with van der Waals surface area (Å²) in [4.78, 5) is 0. The summed E-state index contributed by atoms with van der Waals surface area (Å²) in [6.45, 7) is 2.10. The molecule has 0 amide bonds. The van der Waals surface area contributed by atoms with Crippen molar-refractivity contribution in [1.82, 2.24) is 5.32 Å². The van der Waals surface area contributed by atoms with Crippen molar-refractivity contribution in [3.05, 3.63) is 77.5 Å². The highest BCUT2D eigenvalue weighted by atomic mass is 14.9. The highest BCUT2D eigenvalue weighted by Gasteiger charge is 2.25. The second-order valence-electron chi connectivity index (χ2n) is 5.39. The van der Waals surface area contributed by atoms with Gasteiger partial charge in [0.1, 0.15) is 0 Å². The van der Waals surface area contributed by atoms with E-state index in [2.05, 4.69) is 79.2 Å². The van der Waals surface area contributed by atoms with Crippen LogP contribution in [0.3, 0.4) is 0 Å². The molecule has 1 nitrogen and oxygen atoms in total. The second kappa shape index (κ2) is 5.96. The highest BCUT2D eigenvalue weighted by molar-refractivity contribution is 5.59. The molecule has 2 atom stereocenters. The van der Waals surface area contributed by atoms with Crippen molar-refractivity contribution in [3.8, 4) is 0 Å². The third kappa shape index (κ3) is 2.49. The molecule has 0 saturated heterocycles. The largest absolute Gasteiger partial charge is 0.380 e. The lowest BCUT2D eigenvalue weighted by molar-refractivity contribution is 0.540. The van der Waals surface area contributed by atoms with E-state index in [0.29, 0.717) is 12.0 Å². The van der Waals surface area contributed by atoms with Gasteiger partial charge in [0.15, 0.2) is 0 Å². The first-order chi connectivity index (χ1) is 9.90. The van der Waals surface area contributed by atoms with E-state index in [1.807, 2.05) is 0 Å². The van der Waals surface area contributed by atoms with Crippen LogP contribution >= 0.6 is 0 Å². The Morgan fingerprint density at radius 1 is 1.30 bits per heavy atom. The molecule has 1 aromatic carbocycles. The van der Waals surface area contributed by atoms with E-state index in [1.54, 1.807) is 0 Å². The van der Waals surface area contributed by atoms with Crippen molar-refractivity contribution < 1.29 is 0 Å². The molecule has 0 spiro atoms. The summed E-state index contributed by atoms with van der Waals surface area (Å²) < 4.78 is 0. The average molecular weight is 263 g/mol. The summed E-state index contributed by atoms with van der Waals surface area (Å²) in [6, 6.07) is 8.99. The highest BCUT2D eigenvalue weighted by Crippen LogP contribution is 2.37. The molecule has 0 aromatic heterocycles. The zero-order chi connectivity index (χ0) is 13.8. The molecule has 1 heteroatoms. The summed E-state index contributed by atoms with van der Waals surface area (Å²) in [5.41, 5.74) is 4.22. The van der Waals surface area contributed by atoms with Crippen molar-refractivity contribution in [3.63, 3.8) is 0 Å². The van der Waals surface area contributed by atoms with Crippen LogP contribution in [0, 0.1) is 5.92 Å². The zero-order valence-corrected chi connectivity index (χ0v) is 11.9. The Hall–Kier alpha value is -2.02. The monoisotopic (exact) mass is 263 g/mol. The summed E-state index contributed by atoms with van der Waals surface area (Å²) in [7, 11) is 0. The van der Waals surface area contributed by atoms with E-state index in [9.17, 15) is 0 Å². The maximum atomic E-state index is 3.54. The fourth-order valence-corrected chi connectivity index (χ4v) is 3.08. The molecule has 0 bridgehead atoms. The molecule has 1 aliphatic carbocycles. The molecule has 102 valence electrons. The maximum absolute atomic E-state index is 3.54. The normalized spacial score (nSPS) is 24.4. The van der Waals surface area contributed by atoms with Crippen LogP contribution in [0.1, 0.15) is 36.9 Å². The smallest absolute Gasteiger partial charge is 0.0733 e. The molecule has 3 rings (SSSR count). The molecule has 0 radical (unpaired) electrons. The second-order valence-corrected chi connectivity index (χ2v) is 5.39. The van der Waals surface area contributed by atoms with E-state index in [-0.39, 0.29) is 0 Å². The van der Waals surface area contributed by atoms with Crippen LogP contribution in [0.5, 0.6) is 0 Å². The molecule has 1 N–H and O–H groups in total. The van der Waals surface area contributed by atoms with Crippen LogP contribution in [-0.2, 0) is 0 Å². The van der Waals surface area contributed by atoms with Crippen molar-refractivity contribution in [2.24, 2.45) is 5.92 Å². The van der Waals surface area contributed by atoms with Crippen molar-refractivity contribution in [2.75, 3.05) is 0 Å². The average Bonchev–Trinajstić information content (AvgIpc) is 2.53. The van der Waals surface area contributed by atoms with Gasteiger partial charge in [0, 0.05) is 0 Å². The van der Waals surface area contributed by atoms with Gasteiger partial charge in [-0.2, -0.15) is 0 Å². The Labute approximate surface area is 121 Å². The van der Waals surface area contributed by atoms with E-state index in [4.69, 9.17) is 0 Å². The van der Waals surface area contributed by atoms with E-state index in [1.165, 1.54) is 16.7 Å². The Morgan fingerprint density at radius 2 is 2.20 bits per heavy atom. The molecule has 20 heavy (non-hydrogen) atoms. The molecule has 1 heterocycles. The quantitative estimate of drug-likeness (QED) is 0.774. The minimum atomic E-state index is 0.316. The Balaban J connectivity index is 1.93. The summed E-state index contributed by atoms with van der Waals surface area (Å²) in [5.74, 6) is 0.605. The van der Waals surface area contributed by atoms with Crippen molar-refractivity contribution in [2.45, 2.75) is 25.8 Å². The topological polar surface area (TPSA) is 12.0 Å². The first kappa shape index (κ1) is 13.0. The molecule has 0 fully saturated rings. The van der Waals surface area contributed by atoms with Gasteiger partial charge in [-0.25, -0.2) is 0 Å². The third-order valence-corrected chi connectivity index (χ3v) is 4.14. The first-order valence-corrected chi connectivity index (χ1v) is 7.39. The van der Waals surface area contributed by atoms with Crippen molar-refractivity contribution >= 4 is 6.08 Å². The van der Waals surface area contributed by atoms with Gasteiger partial charge in [0.25, 0.3) is 0 Å². The van der Waals surface area contributed by atoms with Crippen LogP contribution in [0.2, 0.25) is 0 Å². The lowest BCUT2D eigenvalue weighted by Crippen LogP contribution is -2.25. The van der Waals surface area contributed by atoms with Crippen LogP contribution in [0.4, 0.5) is 0 Å². The first-order valence-electron chi connectivity index (χ1n) is 7.39. The Bertz CT molecular complexity index is 590. The Kier molecular flexibility index (Phi) is 3.87. The molecule has 0 saturated carbocycles. The standard InChI is InChI=1S/C19H21N/c1-2-3-8-15-9-4-6-11-17(15)19-18-12-7-5-10-16(18)13-14-20-19/h2-7,10-15,19-20H,8-9H2,1H3. The predicted octanol–water partition coefficient (Wildman–Crippen LogP) is 4.77. The predicted molar refractivity (Wildman–Crippen MR) is 86.1 cm³/mol. The third-order valence-electron chi connectivity index (χ3n) is 4.14. The van der Waals surface area contributed by atoms with Crippen LogP contribution < -0.4 is 5.32 Å². The molecule has 1 aliphatic heterocycles. The number of hydrogen-bond acceptors (Lipinski definition) is 1. The molecular formula is C19H21N. The summed E-state index contributed by atoms with van der Waals surface area (Å²) in [6.07, 6.45) is 17.7. The van der Waals surface area contributed by atoms with Gasteiger partial charge in [0.05, 0.1) is 6.04 Å². The summed E-state index contributed by atoms with van der Waals surface area (Å²) >= 11 is 0. The SMILES string of the molecule is CC=CCC1CC=CC=C1C1NC=Cc2ccccc21. The van der Waals surface area contributed by atoms with Crippen LogP contribution in [0.25, 0.3) is 6.08 Å². The number of nitrogens with one attached hydrogen (secondary N) is 1. The minimum absolute atomic E-state index is 0.316. The van der Waals surface area contributed by atoms with Crippen LogP contribution in [-0.4, -0.2) is 0 Å². The zero-order valence-electron chi connectivity index (χ0n) is 11.9. The minimum Gasteiger partial charge on any atom is -0.380 e. The maximum Gasteiger partial charge on any atom is 0.0733 e. The lowest BCUT2D eigenvalue weighted by atomic mass is 9.80. The molecule has 2 aliphatic rings. The number of fused-ring (bicyclic) bond motifs is 1. The van der Waals surface area contributed by atoms with Gasteiger partial charge < -0.3 is 5.32 Å². The fourth-order valence-electron chi connectivity index (χ4n) is 3.08. The molecular weight excluding hydrogens is 242 g/mol. The van der Waals surface area contributed by atoms with E-state index < -0.39 is 0 Å². The number of benzene rings is 1. The molecule has 1 aromatic rings. The summed E-state index contributed by atoms with van der Waals surface area (Å²) in [5, 5.41) is 3.54. The number of hydrogen-bond donors (Lipinski definition) is 1. The van der Waals surface area contributed by atoms with Gasteiger partial charge >= 0.3 is 0 Å². The van der Waals surface area contributed by atoms with Gasteiger partial charge in [-0.3, -0.25) is 0 Å². The van der Waals surface area contributed by atoms with Gasteiger partial charge in [-0.05, 0) is 54.7 Å². The van der Waals surface area contributed by atoms with E-state index in [0.717, 1.165) is 12.8 Å². The number of allylic oxidation sites excluding steroid dienone is 5. The molecule has 2 unspecified atom stereocenters. The van der Waals surface area contributed by atoms with Gasteiger partial charge in [0.2, 0.25) is 0 Å². The Morgan fingerprint density at radius 3 is 3.10 bits per heavy atom. The van der Waals surface area contributed by atoms with E-state index >= 15 is 0 Å². The van der Waals surface area contributed by atoms with Gasteiger partial charge in [-0.15, -0.1) is 0 Å².